The van der Waals surface area contributed by atoms with Gasteiger partial charge in [0.15, 0.2) is 5.82 Å². The van der Waals surface area contributed by atoms with Crippen LogP contribution in [0.1, 0.15) is 24.3 Å². The van der Waals surface area contributed by atoms with Crippen molar-refractivity contribution in [2.24, 2.45) is 0 Å². The Bertz CT molecular complexity index is 1250. The van der Waals surface area contributed by atoms with Gasteiger partial charge in [-0.3, -0.25) is 4.98 Å². The molecule has 10 nitrogen and oxygen atoms in total. The molecule has 4 aromatic rings. The number of morpholine rings is 1. The Labute approximate surface area is 190 Å². The van der Waals surface area contributed by atoms with Crippen molar-refractivity contribution in [3.63, 3.8) is 0 Å². The summed E-state index contributed by atoms with van der Waals surface area (Å²) in [6, 6.07) is 4.07. The number of ether oxygens (including phenoxy) is 2. The zero-order valence-electron chi connectivity index (χ0n) is 18.2. The van der Waals surface area contributed by atoms with E-state index in [1.807, 2.05) is 18.5 Å². The first-order chi connectivity index (χ1) is 16.3. The minimum Gasteiger partial charge on any atom is -0.381 e. The summed E-state index contributed by atoms with van der Waals surface area (Å²) >= 11 is 0. The normalized spacial score (nSPS) is 17.5. The first-order valence-electron chi connectivity index (χ1n) is 11.2. The molecule has 0 radical (unpaired) electrons. The molecule has 0 atom stereocenters. The second kappa shape index (κ2) is 8.80. The van der Waals surface area contributed by atoms with E-state index in [2.05, 4.69) is 26.0 Å². The maximum atomic E-state index is 5.55. The first kappa shape index (κ1) is 20.1. The highest BCUT2D eigenvalue weighted by Crippen LogP contribution is 2.31. The van der Waals surface area contributed by atoms with E-state index < -0.39 is 0 Å². The van der Waals surface area contributed by atoms with E-state index in [0.717, 1.165) is 67.3 Å². The third-order valence-electron chi connectivity index (χ3n) is 6.18. The van der Waals surface area contributed by atoms with Gasteiger partial charge in [0.2, 0.25) is 0 Å². The molecule has 0 saturated carbocycles. The lowest BCUT2D eigenvalue weighted by atomic mass is 9.93. The van der Waals surface area contributed by atoms with Crippen LogP contribution in [-0.4, -0.2) is 74.2 Å². The summed E-state index contributed by atoms with van der Waals surface area (Å²) in [5.41, 5.74) is 4.44. The van der Waals surface area contributed by atoms with Crippen LogP contribution in [0.5, 0.6) is 0 Å². The quantitative estimate of drug-likeness (QED) is 0.469. The largest absolute Gasteiger partial charge is 0.381 e. The molecule has 0 aromatic carbocycles. The van der Waals surface area contributed by atoms with E-state index in [-0.39, 0.29) is 0 Å². The fourth-order valence-corrected chi connectivity index (χ4v) is 4.38. The number of nitrogens with zero attached hydrogens (tertiary/aromatic N) is 8. The summed E-state index contributed by atoms with van der Waals surface area (Å²) in [4.78, 5) is 25.0. The van der Waals surface area contributed by atoms with E-state index in [0.29, 0.717) is 25.1 Å². The zero-order valence-corrected chi connectivity index (χ0v) is 18.2. The fraction of sp³-hybridized carbons (Fsp3) is 0.391. The summed E-state index contributed by atoms with van der Waals surface area (Å²) in [5, 5.41) is 4.69. The van der Waals surface area contributed by atoms with Crippen LogP contribution in [-0.2, 0) is 9.47 Å². The molecular formula is C23H24N8O2. The molecule has 0 N–H and O–H groups in total. The van der Waals surface area contributed by atoms with Crippen LogP contribution in [0.15, 0.2) is 43.2 Å². The third kappa shape index (κ3) is 4.03. The van der Waals surface area contributed by atoms with Gasteiger partial charge in [0.05, 0.1) is 24.4 Å². The second-order valence-electron chi connectivity index (χ2n) is 8.24. The first-order valence-corrected chi connectivity index (χ1v) is 11.2. The number of pyridine rings is 1. The predicted octanol–water partition coefficient (Wildman–Crippen LogP) is 2.40. The van der Waals surface area contributed by atoms with E-state index >= 15 is 0 Å². The summed E-state index contributed by atoms with van der Waals surface area (Å²) in [5.74, 6) is 1.77. The molecule has 33 heavy (non-hydrogen) atoms. The summed E-state index contributed by atoms with van der Waals surface area (Å²) < 4.78 is 12.8. The Balaban J connectivity index is 1.44. The molecule has 6 rings (SSSR count). The van der Waals surface area contributed by atoms with Gasteiger partial charge in [-0.2, -0.15) is 10.1 Å². The lowest BCUT2D eigenvalue weighted by Gasteiger charge is -2.28. The molecule has 2 aliphatic rings. The van der Waals surface area contributed by atoms with Gasteiger partial charge in [0.25, 0.3) is 5.95 Å². The summed E-state index contributed by atoms with van der Waals surface area (Å²) in [7, 11) is 0. The SMILES string of the molecule is c1ncc(-c2ccn(-c3nc(N4CCOCC4)c4ncc(C5CCOCC5)cc4n3)n2)cn1. The number of hydrogen-bond acceptors (Lipinski definition) is 9. The van der Waals surface area contributed by atoms with Crippen molar-refractivity contribution in [2.45, 2.75) is 18.8 Å². The molecule has 2 saturated heterocycles. The minimum atomic E-state index is 0.440. The van der Waals surface area contributed by atoms with Crippen molar-refractivity contribution in [1.82, 2.24) is 34.7 Å². The van der Waals surface area contributed by atoms with Gasteiger partial charge in [0.1, 0.15) is 11.8 Å². The monoisotopic (exact) mass is 444 g/mol. The van der Waals surface area contributed by atoms with E-state index in [9.17, 15) is 0 Å². The fourth-order valence-electron chi connectivity index (χ4n) is 4.38. The Morgan fingerprint density at radius 2 is 1.70 bits per heavy atom. The minimum absolute atomic E-state index is 0.440. The van der Waals surface area contributed by atoms with Crippen molar-refractivity contribution in [3.05, 3.63) is 48.8 Å². The molecule has 0 amide bonds. The third-order valence-corrected chi connectivity index (χ3v) is 6.18. The standard InChI is InChI=1S/C23H24N8O2/c1-4-31(29-19(1)18-12-24-15-25-13-18)23-27-20-11-17(16-2-7-32-8-3-16)14-26-21(20)22(28-23)30-5-9-33-10-6-30/h1,4,11-16H,2-3,5-10H2. The highest BCUT2D eigenvalue weighted by molar-refractivity contribution is 5.86. The van der Waals surface area contributed by atoms with Crippen LogP contribution in [0.3, 0.4) is 0 Å². The van der Waals surface area contributed by atoms with Crippen LogP contribution >= 0.6 is 0 Å². The van der Waals surface area contributed by atoms with E-state index in [1.165, 1.54) is 11.9 Å². The summed E-state index contributed by atoms with van der Waals surface area (Å²) in [6.07, 6.45) is 10.8. The average Bonchev–Trinajstić information content (AvgIpc) is 3.40. The smallest absolute Gasteiger partial charge is 0.253 e. The van der Waals surface area contributed by atoms with Gasteiger partial charge in [-0.05, 0) is 36.5 Å². The molecule has 0 spiro atoms. The molecule has 0 bridgehead atoms. The average molecular weight is 444 g/mol. The van der Waals surface area contributed by atoms with Crippen molar-refractivity contribution in [3.8, 4) is 17.2 Å². The maximum Gasteiger partial charge on any atom is 0.253 e. The molecule has 2 fully saturated rings. The van der Waals surface area contributed by atoms with Crippen molar-refractivity contribution < 1.29 is 9.47 Å². The van der Waals surface area contributed by atoms with Crippen LogP contribution in [0.4, 0.5) is 5.82 Å². The molecule has 10 heteroatoms. The number of hydrogen-bond donors (Lipinski definition) is 0. The molecule has 168 valence electrons. The number of rotatable bonds is 4. The predicted molar refractivity (Wildman–Crippen MR) is 121 cm³/mol. The number of anilines is 1. The summed E-state index contributed by atoms with van der Waals surface area (Å²) in [6.45, 7) is 4.44. The number of aromatic nitrogens is 7. The lowest BCUT2D eigenvalue weighted by molar-refractivity contribution is 0.0853. The second-order valence-corrected chi connectivity index (χ2v) is 8.24. The van der Waals surface area contributed by atoms with Crippen LogP contribution < -0.4 is 4.90 Å². The van der Waals surface area contributed by atoms with Gasteiger partial charge in [-0.15, -0.1) is 0 Å². The number of fused-ring (bicyclic) bond motifs is 1. The van der Waals surface area contributed by atoms with Crippen molar-refractivity contribution in [1.29, 1.82) is 0 Å². The Morgan fingerprint density at radius 1 is 0.909 bits per heavy atom. The van der Waals surface area contributed by atoms with E-state index in [1.54, 1.807) is 17.1 Å². The molecular weight excluding hydrogens is 420 g/mol. The van der Waals surface area contributed by atoms with Crippen LogP contribution in [0.2, 0.25) is 0 Å². The lowest BCUT2D eigenvalue weighted by Crippen LogP contribution is -2.37. The molecule has 2 aliphatic heterocycles. The highest BCUT2D eigenvalue weighted by atomic mass is 16.5. The molecule has 4 aromatic heterocycles. The maximum absolute atomic E-state index is 5.55. The zero-order chi connectivity index (χ0) is 22.0. The van der Waals surface area contributed by atoms with Crippen LogP contribution in [0, 0.1) is 0 Å². The van der Waals surface area contributed by atoms with Gasteiger partial charge >= 0.3 is 0 Å². The van der Waals surface area contributed by atoms with Gasteiger partial charge < -0.3 is 14.4 Å². The molecule has 0 unspecified atom stereocenters. The molecule has 6 heterocycles. The highest BCUT2D eigenvalue weighted by Gasteiger charge is 2.22. The molecule has 0 aliphatic carbocycles. The van der Waals surface area contributed by atoms with Crippen molar-refractivity contribution >= 4 is 16.9 Å². The van der Waals surface area contributed by atoms with Gasteiger partial charge in [-0.25, -0.2) is 19.6 Å². The van der Waals surface area contributed by atoms with Crippen molar-refractivity contribution in [2.75, 3.05) is 44.4 Å². The topological polar surface area (TPSA) is 104 Å². The Morgan fingerprint density at radius 3 is 2.52 bits per heavy atom. The van der Waals surface area contributed by atoms with Crippen LogP contribution in [0.25, 0.3) is 28.2 Å². The van der Waals surface area contributed by atoms with Gasteiger partial charge in [0, 0.05) is 56.7 Å². The van der Waals surface area contributed by atoms with Gasteiger partial charge in [-0.1, -0.05) is 0 Å². The Hall–Kier alpha value is -3.50. The Kier molecular flexibility index (Phi) is 5.37. The van der Waals surface area contributed by atoms with E-state index in [4.69, 9.17) is 24.4 Å².